The summed E-state index contributed by atoms with van der Waals surface area (Å²) in [7, 11) is 0. The molecule has 9 heavy (non-hydrogen) atoms. The summed E-state index contributed by atoms with van der Waals surface area (Å²) in [6.07, 6.45) is 3.45. The topological polar surface area (TPSA) is 34.1 Å². The number of rotatable bonds is 0. The quantitative estimate of drug-likeness (QED) is 0.349. The molecule has 0 bridgehead atoms. The first-order valence-electron chi connectivity index (χ1n) is 2.65. The molecule has 0 atom stereocenters. The van der Waals surface area contributed by atoms with Gasteiger partial charge in [0, 0.05) is 12.0 Å². The van der Waals surface area contributed by atoms with E-state index in [4.69, 9.17) is 0 Å². The Morgan fingerprint density at radius 2 is 2.11 bits per heavy atom. The first kappa shape index (κ1) is 5.95. The number of allylic oxidation sites excluding steroid dienone is 3. The summed E-state index contributed by atoms with van der Waals surface area (Å²) in [4.78, 5) is 21.2. The van der Waals surface area contributed by atoms with Crippen LogP contribution in [-0.4, -0.2) is 11.6 Å². The van der Waals surface area contributed by atoms with Gasteiger partial charge in [0.05, 0.1) is 0 Å². The van der Waals surface area contributed by atoms with Crippen molar-refractivity contribution in [2.45, 2.75) is 6.42 Å². The van der Waals surface area contributed by atoms with E-state index in [1.165, 1.54) is 0 Å². The first-order chi connectivity index (χ1) is 4.22. The molecule has 0 spiro atoms. The van der Waals surface area contributed by atoms with Crippen molar-refractivity contribution in [1.29, 1.82) is 0 Å². The van der Waals surface area contributed by atoms with E-state index in [9.17, 15) is 9.59 Å². The third-order valence-electron chi connectivity index (χ3n) is 1.17. The molecule has 0 aromatic heterocycles. The van der Waals surface area contributed by atoms with E-state index < -0.39 is 5.78 Å². The van der Waals surface area contributed by atoms with Gasteiger partial charge >= 0.3 is 0 Å². The molecular weight excluding hydrogens is 116 g/mol. The Labute approximate surface area is 52.9 Å². The van der Waals surface area contributed by atoms with Gasteiger partial charge in [-0.15, -0.1) is 0 Å². The van der Waals surface area contributed by atoms with E-state index in [0.29, 0.717) is 5.57 Å². The number of Topliss-reactive ketones (excluding diaryl/α,β-unsaturated/α-hetero) is 2. The zero-order chi connectivity index (χ0) is 6.85. The SMILES string of the molecule is C=C1C=CCC(=O)C1=O. The van der Waals surface area contributed by atoms with Crippen molar-refractivity contribution in [1.82, 2.24) is 0 Å². The van der Waals surface area contributed by atoms with Gasteiger partial charge in [-0.25, -0.2) is 0 Å². The van der Waals surface area contributed by atoms with E-state index in [0.717, 1.165) is 0 Å². The lowest BCUT2D eigenvalue weighted by Gasteiger charge is -2.00. The van der Waals surface area contributed by atoms with Gasteiger partial charge in [-0.1, -0.05) is 18.7 Å². The highest BCUT2D eigenvalue weighted by Gasteiger charge is 2.16. The number of hydrogen-bond donors (Lipinski definition) is 0. The van der Waals surface area contributed by atoms with Crippen LogP contribution in [0.4, 0.5) is 0 Å². The predicted octanol–water partition coefficient (Wildman–Crippen LogP) is 0.641. The molecular formula is C7H6O2. The predicted molar refractivity (Wildman–Crippen MR) is 32.9 cm³/mol. The van der Waals surface area contributed by atoms with Crippen LogP contribution in [0.1, 0.15) is 6.42 Å². The van der Waals surface area contributed by atoms with Gasteiger partial charge in [0.25, 0.3) is 0 Å². The van der Waals surface area contributed by atoms with Crippen LogP contribution < -0.4 is 0 Å². The second-order valence-electron chi connectivity index (χ2n) is 1.88. The Morgan fingerprint density at radius 1 is 1.44 bits per heavy atom. The van der Waals surface area contributed by atoms with Gasteiger partial charge in [-0.05, 0) is 0 Å². The molecule has 0 aromatic rings. The molecule has 0 unspecified atom stereocenters. The summed E-state index contributed by atoms with van der Waals surface area (Å²) >= 11 is 0. The minimum atomic E-state index is -0.447. The molecule has 0 heterocycles. The van der Waals surface area contributed by atoms with Gasteiger partial charge < -0.3 is 0 Å². The highest BCUT2D eigenvalue weighted by Crippen LogP contribution is 2.05. The third kappa shape index (κ3) is 0.964. The molecule has 0 radical (unpaired) electrons. The van der Waals surface area contributed by atoms with Crippen molar-refractivity contribution in [3.05, 3.63) is 24.3 Å². The van der Waals surface area contributed by atoms with E-state index in [1.54, 1.807) is 12.2 Å². The van der Waals surface area contributed by atoms with Gasteiger partial charge in [-0.2, -0.15) is 0 Å². The van der Waals surface area contributed by atoms with Gasteiger partial charge in [0.1, 0.15) is 0 Å². The zero-order valence-corrected chi connectivity index (χ0v) is 4.89. The number of carbonyl (C=O) groups excluding carboxylic acids is 2. The standard InChI is InChI=1S/C7H6O2/c1-5-3-2-4-6(8)7(5)9/h2-3H,1,4H2. The zero-order valence-electron chi connectivity index (χ0n) is 4.89. The van der Waals surface area contributed by atoms with E-state index in [-0.39, 0.29) is 12.2 Å². The Kier molecular flexibility index (Phi) is 1.30. The van der Waals surface area contributed by atoms with Gasteiger partial charge in [0.2, 0.25) is 11.6 Å². The lowest BCUT2D eigenvalue weighted by molar-refractivity contribution is -0.133. The molecule has 46 valence electrons. The first-order valence-corrected chi connectivity index (χ1v) is 2.65. The average Bonchev–Trinajstić information content (AvgIpc) is 1.83. The maximum atomic E-state index is 10.6. The van der Waals surface area contributed by atoms with Crippen molar-refractivity contribution < 1.29 is 9.59 Å². The second-order valence-corrected chi connectivity index (χ2v) is 1.88. The molecule has 0 saturated heterocycles. The van der Waals surface area contributed by atoms with Crippen molar-refractivity contribution in [2.75, 3.05) is 0 Å². The number of hydrogen-bond acceptors (Lipinski definition) is 2. The molecule has 1 aliphatic rings. The van der Waals surface area contributed by atoms with Crippen LogP contribution in [0.15, 0.2) is 24.3 Å². The Bertz CT molecular complexity index is 211. The molecule has 0 amide bonds. The van der Waals surface area contributed by atoms with Crippen LogP contribution in [0.5, 0.6) is 0 Å². The molecule has 0 saturated carbocycles. The third-order valence-corrected chi connectivity index (χ3v) is 1.17. The largest absolute Gasteiger partial charge is 0.290 e. The Morgan fingerprint density at radius 3 is 2.56 bits per heavy atom. The fourth-order valence-electron chi connectivity index (χ4n) is 0.656. The minimum Gasteiger partial charge on any atom is -0.290 e. The highest BCUT2D eigenvalue weighted by atomic mass is 16.2. The second kappa shape index (κ2) is 1.97. The van der Waals surface area contributed by atoms with E-state index in [1.807, 2.05) is 0 Å². The van der Waals surface area contributed by atoms with E-state index >= 15 is 0 Å². The molecule has 0 aliphatic heterocycles. The fraction of sp³-hybridized carbons (Fsp3) is 0.143. The summed E-state index contributed by atoms with van der Waals surface area (Å²) in [5.74, 6) is -0.806. The molecule has 1 rings (SSSR count). The Hall–Kier alpha value is -1.18. The summed E-state index contributed by atoms with van der Waals surface area (Å²) in [5.41, 5.74) is 0.297. The van der Waals surface area contributed by atoms with Crippen molar-refractivity contribution in [3.8, 4) is 0 Å². The molecule has 0 N–H and O–H groups in total. The van der Waals surface area contributed by atoms with Crippen LogP contribution in [0, 0.1) is 0 Å². The van der Waals surface area contributed by atoms with Crippen molar-refractivity contribution in [2.24, 2.45) is 0 Å². The van der Waals surface area contributed by atoms with E-state index in [2.05, 4.69) is 6.58 Å². The maximum Gasteiger partial charge on any atom is 0.228 e. The fourth-order valence-corrected chi connectivity index (χ4v) is 0.656. The van der Waals surface area contributed by atoms with Crippen molar-refractivity contribution >= 4 is 11.6 Å². The lowest BCUT2D eigenvalue weighted by atomic mass is 10.0. The maximum absolute atomic E-state index is 10.6. The molecule has 2 nitrogen and oxygen atoms in total. The smallest absolute Gasteiger partial charge is 0.228 e. The minimum absolute atomic E-state index is 0.234. The number of ketones is 2. The summed E-state index contributed by atoms with van der Waals surface area (Å²) in [6.45, 7) is 3.39. The summed E-state index contributed by atoms with van der Waals surface area (Å²) in [5, 5.41) is 0. The average molecular weight is 122 g/mol. The monoisotopic (exact) mass is 122 g/mol. The highest BCUT2D eigenvalue weighted by molar-refractivity contribution is 6.45. The van der Waals surface area contributed by atoms with Crippen LogP contribution in [0.3, 0.4) is 0 Å². The molecule has 1 aliphatic carbocycles. The Balaban J connectivity index is 2.94. The van der Waals surface area contributed by atoms with Crippen LogP contribution in [0.25, 0.3) is 0 Å². The summed E-state index contributed by atoms with van der Waals surface area (Å²) in [6, 6.07) is 0. The number of carbonyl (C=O) groups is 2. The molecule has 0 fully saturated rings. The van der Waals surface area contributed by atoms with Crippen LogP contribution >= 0.6 is 0 Å². The normalized spacial score (nSPS) is 18.9. The summed E-state index contributed by atoms with van der Waals surface area (Å²) < 4.78 is 0. The molecule has 0 aromatic carbocycles. The molecule has 2 heteroatoms. The van der Waals surface area contributed by atoms with Crippen LogP contribution in [-0.2, 0) is 9.59 Å². The van der Waals surface area contributed by atoms with Crippen LogP contribution in [0.2, 0.25) is 0 Å². The van der Waals surface area contributed by atoms with Crippen molar-refractivity contribution in [3.63, 3.8) is 0 Å². The van der Waals surface area contributed by atoms with Gasteiger partial charge in [0.15, 0.2) is 0 Å². The lowest BCUT2D eigenvalue weighted by Crippen LogP contribution is -2.16. The van der Waals surface area contributed by atoms with Gasteiger partial charge in [-0.3, -0.25) is 9.59 Å².